The summed E-state index contributed by atoms with van der Waals surface area (Å²) in [5.41, 5.74) is 2.41. The van der Waals surface area contributed by atoms with E-state index in [1.165, 1.54) is 24.2 Å². The zero-order chi connectivity index (χ0) is 22.4. The van der Waals surface area contributed by atoms with Crippen LogP contribution in [0.1, 0.15) is 37.7 Å². The third kappa shape index (κ3) is 3.87. The zero-order valence-corrected chi connectivity index (χ0v) is 19.0. The maximum absolute atomic E-state index is 12.2. The molecule has 2 fully saturated rings. The highest BCUT2D eigenvalue weighted by atomic mass is 32.1. The molecule has 33 heavy (non-hydrogen) atoms. The Hall–Kier alpha value is -2.97. The highest BCUT2D eigenvalue weighted by Gasteiger charge is 2.43. The van der Waals surface area contributed by atoms with E-state index in [9.17, 15) is 9.90 Å². The minimum atomic E-state index is -0.694. The molecule has 7 nitrogen and oxygen atoms in total. The standard InChI is InChI=1S/C25H25N3O4S/c29-24(30)22-19-5-2-1-4-15(19)9-11-28(22)13-16-14-31-20-12-17(7-8-18(16)20)32-25-27-23-21(33-25)6-3-10-26-23/h3,6-8,10,12,14-15,19,22H,1-2,4-5,9,11,13H2,(H,29,30). The molecule has 3 aromatic heterocycles. The van der Waals surface area contributed by atoms with E-state index in [4.69, 9.17) is 9.15 Å². The fourth-order valence-corrected chi connectivity index (χ4v) is 6.42. The van der Waals surface area contributed by atoms with Gasteiger partial charge in [-0.1, -0.05) is 30.6 Å². The molecular formula is C25H25N3O4S. The number of hydrogen-bond acceptors (Lipinski definition) is 7. The summed E-state index contributed by atoms with van der Waals surface area (Å²) < 4.78 is 12.8. The Morgan fingerprint density at radius 2 is 2.15 bits per heavy atom. The van der Waals surface area contributed by atoms with E-state index >= 15 is 0 Å². The summed E-state index contributed by atoms with van der Waals surface area (Å²) in [4.78, 5) is 23.0. The van der Waals surface area contributed by atoms with Crippen LogP contribution >= 0.6 is 11.3 Å². The molecule has 8 heteroatoms. The number of hydrogen-bond donors (Lipinski definition) is 1. The normalized spacial score (nSPS) is 23.6. The average molecular weight is 464 g/mol. The highest BCUT2D eigenvalue weighted by molar-refractivity contribution is 7.20. The Morgan fingerprint density at radius 3 is 3.03 bits per heavy atom. The molecule has 2 aliphatic rings. The van der Waals surface area contributed by atoms with Gasteiger partial charge in [0, 0.05) is 29.8 Å². The van der Waals surface area contributed by atoms with E-state index in [-0.39, 0.29) is 5.92 Å². The number of furan rings is 1. The second-order valence-electron chi connectivity index (χ2n) is 9.08. The van der Waals surface area contributed by atoms with Crippen molar-refractivity contribution in [1.29, 1.82) is 0 Å². The molecule has 6 rings (SSSR count). The summed E-state index contributed by atoms with van der Waals surface area (Å²) >= 11 is 1.45. The van der Waals surface area contributed by atoms with Crippen LogP contribution in [0.4, 0.5) is 0 Å². The van der Waals surface area contributed by atoms with Gasteiger partial charge in [-0.3, -0.25) is 9.69 Å². The number of likely N-dealkylation sites (tertiary alicyclic amines) is 1. The number of nitrogens with zero attached hydrogens (tertiary/aromatic N) is 3. The SMILES string of the molecule is O=C(O)C1C2CCCCC2CCN1Cc1coc2cc(Oc3nc4ncccc4s3)ccc12. The molecule has 170 valence electrons. The number of aromatic nitrogens is 2. The fourth-order valence-electron chi connectivity index (χ4n) is 5.63. The summed E-state index contributed by atoms with van der Waals surface area (Å²) in [6, 6.07) is 9.19. The topological polar surface area (TPSA) is 88.7 Å². The molecule has 1 saturated carbocycles. The molecule has 1 aromatic carbocycles. The first-order valence-electron chi connectivity index (χ1n) is 11.5. The van der Waals surface area contributed by atoms with Gasteiger partial charge >= 0.3 is 5.97 Å². The van der Waals surface area contributed by atoms with Crippen LogP contribution in [0.15, 0.2) is 47.2 Å². The van der Waals surface area contributed by atoms with Crippen LogP contribution in [0.5, 0.6) is 10.9 Å². The smallest absolute Gasteiger partial charge is 0.321 e. The Balaban J connectivity index is 1.22. The number of ether oxygens (including phenoxy) is 1. The third-order valence-electron chi connectivity index (χ3n) is 7.16. The van der Waals surface area contributed by atoms with Crippen molar-refractivity contribution >= 4 is 38.6 Å². The maximum atomic E-state index is 12.2. The molecule has 0 bridgehead atoms. The third-order valence-corrected chi connectivity index (χ3v) is 8.05. The van der Waals surface area contributed by atoms with Crippen LogP contribution in [-0.4, -0.2) is 38.5 Å². The number of rotatable bonds is 5. The molecule has 1 aliphatic carbocycles. The summed E-state index contributed by atoms with van der Waals surface area (Å²) in [5, 5.41) is 11.6. The number of piperidine rings is 1. The van der Waals surface area contributed by atoms with Crippen LogP contribution < -0.4 is 4.74 Å². The van der Waals surface area contributed by atoms with E-state index < -0.39 is 12.0 Å². The minimum Gasteiger partial charge on any atom is -0.480 e. The second kappa shape index (κ2) is 8.43. The lowest BCUT2D eigenvalue weighted by Gasteiger charge is -2.45. The van der Waals surface area contributed by atoms with Gasteiger partial charge in [0.1, 0.15) is 17.4 Å². The molecule has 4 heterocycles. The number of fused-ring (bicyclic) bond motifs is 3. The number of carboxylic acids is 1. The molecular weight excluding hydrogens is 438 g/mol. The number of carbonyl (C=O) groups is 1. The predicted octanol–water partition coefficient (Wildman–Crippen LogP) is 5.70. The molecule has 1 N–H and O–H groups in total. The lowest BCUT2D eigenvalue weighted by molar-refractivity contribution is -0.150. The van der Waals surface area contributed by atoms with Crippen LogP contribution in [0.25, 0.3) is 21.3 Å². The van der Waals surface area contributed by atoms with Gasteiger partial charge in [-0.15, -0.1) is 0 Å². The summed E-state index contributed by atoms with van der Waals surface area (Å²) in [7, 11) is 0. The van der Waals surface area contributed by atoms with E-state index in [1.807, 2.05) is 30.3 Å². The van der Waals surface area contributed by atoms with Gasteiger partial charge in [-0.05, 0) is 55.5 Å². The van der Waals surface area contributed by atoms with E-state index in [0.717, 1.165) is 47.0 Å². The van der Waals surface area contributed by atoms with Gasteiger partial charge < -0.3 is 14.3 Å². The maximum Gasteiger partial charge on any atom is 0.321 e. The van der Waals surface area contributed by atoms with Crippen LogP contribution in [0.3, 0.4) is 0 Å². The number of benzene rings is 1. The molecule has 0 spiro atoms. The molecule has 1 aliphatic heterocycles. The number of carboxylic acid groups (broad SMARTS) is 1. The van der Waals surface area contributed by atoms with Gasteiger partial charge in [0.25, 0.3) is 5.19 Å². The van der Waals surface area contributed by atoms with E-state index in [2.05, 4.69) is 14.9 Å². The van der Waals surface area contributed by atoms with Crippen molar-refractivity contribution < 1.29 is 19.1 Å². The molecule has 4 aromatic rings. The average Bonchev–Trinajstić information content (AvgIpc) is 3.41. The number of aliphatic carboxylic acids is 1. The van der Waals surface area contributed by atoms with Crippen molar-refractivity contribution in [3.8, 4) is 10.9 Å². The fraction of sp³-hybridized carbons (Fsp3) is 0.400. The molecule has 0 amide bonds. The van der Waals surface area contributed by atoms with Crippen LogP contribution in [0.2, 0.25) is 0 Å². The van der Waals surface area contributed by atoms with Crippen LogP contribution in [-0.2, 0) is 11.3 Å². The summed E-state index contributed by atoms with van der Waals surface area (Å²) in [5.74, 6) is 0.760. The zero-order valence-electron chi connectivity index (χ0n) is 18.1. The van der Waals surface area contributed by atoms with Crippen molar-refractivity contribution in [2.75, 3.05) is 6.54 Å². The first kappa shape index (κ1) is 20.6. The van der Waals surface area contributed by atoms with Gasteiger partial charge in [0.2, 0.25) is 0 Å². The largest absolute Gasteiger partial charge is 0.480 e. The Bertz CT molecular complexity index is 1280. The summed E-state index contributed by atoms with van der Waals surface area (Å²) in [6.07, 6.45) is 9.12. The monoisotopic (exact) mass is 463 g/mol. The van der Waals surface area contributed by atoms with E-state index in [0.29, 0.717) is 29.1 Å². The quantitative estimate of drug-likeness (QED) is 0.406. The second-order valence-corrected chi connectivity index (χ2v) is 10.1. The Kier molecular flexibility index (Phi) is 5.27. The van der Waals surface area contributed by atoms with Crippen LogP contribution in [0, 0.1) is 11.8 Å². The number of pyridine rings is 1. The molecule has 3 atom stereocenters. The van der Waals surface area contributed by atoms with Gasteiger partial charge in [-0.25, -0.2) is 4.98 Å². The first-order valence-corrected chi connectivity index (χ1v) is 12.3. The predicted molar refractivity (Wildman–Crippen MR) is 126 cm³/mol. The minimum absolute atomic E-state index is 0.256. The van der Waals surface area contributed by atoms with Crippen molar-refractivity contribution in [2.24, 2.45) is 11.8 Å². The lowest BCUT2D eigenvalue weighted by Crippen LogP contribution is -2.53. The Labute approximate surface area is 195 Å². The van der Waals surface area contributed by atoms with Crippen molar-refractivity contribution in [3.05, 3.63) is 48.4 Å². The molecule has 3 unspecified atom stereocenters. The van der Waals surface area contributed by atoms with Gasteiger partial charge in [-0.2, -0.15) is 4.98 Å². The van der Waals surface area contributed by atoms with E-state index in [1.54, 1.807) is 12.5 Å². The van der Waals surface area contributed by atoms with Gasteiger partial charge in [0.15, 0.2) is 5.65 Å². The lowest BCUT2D eigenvalue weighted by atomic mass is 9.71. The summed E-state index contributed by atoms with van der Waals surface area (Å²) in [6.45, 7) is 1.40. The Morgan fingerprint density at radius 1 is 1.24 bits per heavy atom. The molecule has 1 saturated heterocycles. The molecule has 0 radical (unpaired) electrons. The highest BCUT2D eigenvalue weighted by Crippen LogP contribution is 2.41. The van der Waals surface area contributed by atoms with Crippen molar-refractivity contribution in [2.45, 2.75) is 44.7 Å². The van der Waals surface area contributed by atoms with Crippen molar-refractivity contribution in [3.63, 3.8) is 0 Å². The van der Waals surface area contributed by atoms with Crippen molar-refractivity contribution in [1.82, 2.24) is 14.9 Å². The first-order chi connectivity index (χ1) is 16.2. The number of thiazole rings is 1. The van der Waals surface area contributed by atoms with Gasteiger partial charge in [0.05, 0.1) is 11.0 Å².